The molecule has 0 radical (unpaired) electrons. The van der Waals surface area contributed by atoms with Gasteiger partial charge in [-0.2, -0.15) is 0 Å². The van der Waals surface area contributed by atoms with Crippen LogP contribution in [0.4, 0.5) is 14.5 Å². The molecule has 2 aliphatic rings. The van der Waals surface area contributed by atoms with Crippen molar-refractivity contribution in [3.8, 4) is 0 Å². The average Bonchev–Trinajstić information content (AvgIpc) is 2.78. The van der Waals surface area contributed by atoms with E-state index < -0.39 is 11.7 Å². The molecule has 32 heavy (non-hydrogen) atoms. The van der Waals surface area contributed by atoms with Gasteiger partial charge in [-0.1, -0.05) is 12.1 Å². The Balaban J connectivity index is 1.34. The molecular formula is C25H23F2N3O2. The maximum absolute atomic E-state index is 13.2. The summed E-state index contributed by atoms with van der Waals surface area (Å²) in [5.74, 6) is -0.528. The summed E-state index contributed by atoms with van der Waals surface area (Å²) >= 11 is 0. The lowest BCUT2D eigenvalue weighted by Gasteiger charge is -2.43. The van der Waals surface area contributed by atoms with E-state index in [-0.39, 0.29) is 23.0 Å². The van der Waals surface area contributed by atoms with Crippen LogP contribution in [0.1, 0.15) is 34.0 Å². The Morgan fingerprint density at radius 3 is 2.31 bits per heavy atom. The molecule has 1 N–H and O–H groups in total. The lowest BCUT2D eigenvalue weighted by atomic mass is 9.83. The molecule has 3 aromatic rings. The van der Waals surface area contributed by atoms with Gasteiger partial charge in [-0.15, -0.1) is 0 Å². The monoisotopic (exact) mass is 435 g/mol. The van der Waals surface area contributed by atoms with Crippen LogP contribution in [0.2, 0.25) is 0 Å². The number of hydrogen-bond acceptors (Lipinski definition) is 3. The highest BCUT2D eigenvalue weighted by Gasteiger charge is 2.35. The molecule has 1 saturated heterocycles. The summed E-state index contributed by atoms with van der Waals surface area (Å²) in [4.78, 5) is 27.9. The molecular weight excluding hydrogens is 412 g/mol. The molecule has 2 bridgehead atoms. The molecule has 1 fully saturated rings. The van der Waals surface area contributed by atoms with Gasteiger partial charge in [0, 0.05) is 43.4 Å². The van der Waals surface area contributed by atoms with Crippen LogP contribution in [-0.2, 0) is 13.1 Å². The van der Waals surface area contributed by atoms with Crippen LogP contribution in [0.25, 0.3) is 0 Å². The highest BCUT2D eigenvalue weighted by molar-refractivity contribution is 6.04. The number of pyridine rings is 1. The smallest absolute Gasteiger partial charge is 0.274 e. The van der Waals surface area contributed by atoms with E-state index >= 15 is 0 Å². The van der Waals surface area contributed by atoms with Gasteiger partial charge in [0.25, 0.3) is 11.5 Å². The van der Waals surface area contributed by atoms with E-state index in [1.807, 2.05) is 18.2 Å². The zero-order chi connectivity index (χ0) is 22.2. The summed E-state index contributed by atoms with van der Waals surface area (Å²) in [6, 6.07) is 15.4. The number of likely N-dealkylation sites (tertiary alicyclic amines) is 1. The Kier molecular flexibility index (Phi) is 5.35. The molecule has 5 nitrogen and oxygen atoms in total. The van der Waals surface area contributed by atoms with Crippen molar-refractivity contribution in [1.82, 2.24) is 9.47 Å². The van der Waals surface area contributed by atoms with E-state index in [0.717, 1.165) is 37.3 Å². The van der Waals surface area contributed by atoms with Crippen LogP contribution in [-0.4, -0.2) is 28.5 Å². The number of piperidine rings is 1. The minimum atomic E-state index is -0.441. The van der Waals surface area contributed by atoms with Crippen molar-refractivity contribution in [2.24, 2.45) is 5.92 Å². The van der Waals surface area contributed by atoms with Gasteiger partial charge in [0.15, 0.2) is 0 Å². The first-order valence-corrected chi connectivity index (χ1v) is 10.7. The standard InChI is InChI=1S/C25H23F2N3O2/c26-20-5-1-16(2-6-20)12-29-13-17-11-19(15-29)23-10-9-22(25(32)30(23)14-17)28-24(31)18-3-7-21(27)8-4-18/h1-10,17,19H,11-15H2,(H,28,31)/t17-,19-/m1/s1. The number of rotatable bonds is 4. The molecule has 3 heterocycles. The van der Waals surface area contributed by atoms with Gasteiger partial charge in [0.2, 0.25) is 0 Å². The molecule has 164 valence electrons. The molecule has 2 atom stereocenters. The number of hydrogen-bond donors (Lipinski definition) is 1. The fourth-order valence-electron chi connectivity index (χ4n) is 4.91. The minimum absolute atomic E-state index is 0.209. The van der Waals surface area contributed by atoms with Crippen LogP contribution in [0, 0.1) is 17.6 Å². The van der Waals surface area contributed by atoms with Crippen molar-refractivity contribution in [2.75, 3.05) is 18.4 Å². The predicted octanol–water partition coefficient (Wildman–Crippen LogP) is 4.00. The maximum Gasteiger partial charge on any atom is 0.274 e. The number of anilines is 1. The van der Waals surface area contributed by atoms with Gasteiger partial charge in [-0.05, 0) is 66.4 Å². The second kappa shape index (κ2) is 8.31. The van der Waals surface area contributed by atoms with Gasteiger partial charge in [0.1, 0.15) is 17.3 Å². The molecule has 0 aliphatic carbocycles. The number of aromatic nitrogens is 1. The van der Waals surface area contributed by atoms with E-state index in [4.69, 9.17) is 0 Å². The number of nitrogens with zero attached hydrogens (tertiary/aromatic N) is 2. The number of nitrogens with one attached hydrogen (secondary N) is 1. The first-order chi connectivity index (χ1) is 15.5. The van der Waals surface area contributed by atoms with Crippen molar-refractivity contribution in [2.45, 2.75) is 25.4 Å². The van der Waals surface area contributed by atoms with Crippen LogP contribution >= 0.6 is 0 Å². The fraction of sp³-hybridized carbons (Fsp3) is 0.280. The molecule has 5 rings (SSSR count). The molecule has 2 aromatic carbocycles. The zero-order valence-electron chi connectivity index (χ0n) is 17.4. The van der Waals surface area contributed by atoms with E-state index in [0.29, 0.717) is 18.0 Å². The normalized spacial score (nSPS) is 19.9. The van der Waals surface area contributed by atoms with Crippen molar-refractivity contribution < 1.29 is 13.6 Å². The number of halogens is 2. The number of benzene rings is 2. The highest BCUT2D eigenvalue weighted by atomic mass is 19.1. The fourth-order valence-corrected chi connectivity index (χ4v) is 4.91. The Morgan fingerprint density at radius 1 is 0.906 bits per heavy atom. The Labute approximate surface area is 184 Å². The van der Waals surface area contributed by atoms with E-state index in [1.165, 1.54) is 36.4 Å². The van der Waals surface area contributed by atoms with Gasteiger partial charge in [-0.25, -0.2) is 8.78 Å². The van der Waals surface area contributed by atoms with Gasteiger partial charge >= 0.3 is 0 Å². The molecule has 7 heteroatoms. The summed E-state index contributed by atoms with van der Waals surface area (Å²) in [5.41, 5.74) is 2.37. The van der Waals surface area contributed by atoms with Gasteiger partial charge in [-0.3, -0.25) is 14.5 Å². The topological polar surface area (TPSA) is 54.3 Å². The molecule has 0 unspecified atom stereocenters. The number of carbonyl (C=O) groups is 1. The Hall–Kier alpha value is -3.32. The summed E-state index contributed by atoms with van der Waals surface area (Å²) in [6.07, 6.45) is 1.03. The minimum Gasteiger partial charge on any atom is -0.317 e. The van der Waals surface area contributed by atoms with Gasteiger partial charge < -0.3 is 9.88 Å². The highest BCUT2D eigenvalue weighted by Crippen LogP contribution is 2.36. The molecule has 1 aromatic heterocycles. The quantitative estimate of drug-likeness (QED) is 0.674. The Bertz CT molecular complexity index is 1210. The predicted molar refractivity (Wildman–Crippen MR) is 118 cm³/mol. The molecule has 1 amide bonds. The largest absolute Gasteiger partial charge is 0.317 e. The van der Waals surface area contributed by atoms with Crippen LogP contribution in [0.15, 0.2) is 65.5 Å². The second-order valence-electron chi connectivity index (χ2n) is 8.67. The first kappa shape index (κ1) is 20.6. The van der Waals surface area contributed by atoms with Crippen LogP contribution in [0.5, 0.6) is 0 Å². The molecule has 0 spiro atoms. The first-order valence-electron chi connectivity index (χ1n) is 10.7. The zero-order valence-corrected chi connectivity index (χ0v) is 17.4. The molecule has 0 saturated carbocycles. The van der Waals surface area contributed by atoms with E-state index in [9.17, 15) is 18.4 Å². The van der Waals surface area contributed by atoms with Crippen molar-refractivity contribution in [3.05, 3.63) is 99.5 Å². The lowest BCUT2D eigenvalue weighted by molar-refractivity contribution is 0.102. The second-order valence-corrected chi connectivity index (χ2v) is 8.67. The van der Waals surface area contributed by atoms with E-state index in [2.05, 4.69) is 10.2 Å². The van der Waals surface area contributed by atoms with Crippen molar-refractivity contribution >= 4 is 11.6 Å². The number of amides is 1. The number of fused-ring (bicyclic) bond motifs is 4. The number of carbonyl (C=O) groups excluding carboxylic acids is 1. The summed E-state index contributed by atoms with van der Waals surface area (Å²) in [5, 5.41) is 2.67. The van der Waals surface area contributed by atoms with Crippen molar-refractivity contribution in [3.63, 3.8) is 0 Å². The summed E-state index contributed by atoms with van der Waals surface area (Å²) in [6.45, 7) is 3.05. The van der Waals surface area contributed by atoms with Crippen LogP contribution < -0.4 is 10.9 Å². The van der Waals surface area contributed by atoms with Crippen molar-refractivity contribution in [1.29, 1.82) is 0 Å². The van der Waals surface area contributed by atoms with Gasteiger partial charge in [0.05, 0.1) is 0 Å². The SMILES string of the molecule is O=C(Nc1ccc2n(c1=O)C[C@@H]1C[C@@H]2CN(Cc2ccc(F)cc2)C1)c1ccc(F)cc1. The third-order valence-corrected chi connectivity index (χ3v) is 6.35. The average molecular weight is 435 g/mol. The summed E-state index contributed by atoms with van der Waals surface area (Å²) in [7, 11) is 0. The van der Waals surface area contributed by atoms with Crippen LogP contribution in [0.3, 0.4) is 0 Å². The Morgan fingerprint density at radius 2 is 1.59 bits per heavy atom. The summed E-state index contributed by atoms with van der Waals surface area (Å²) < 4.78 is 28.1. The third-order valence-electron chi connectivity index (χ3n) is 6.35. The maximum atomic E-state index is 13.2. The molecule has 2 aliphatic heterocycles. The third kappa shape index (κ3) is 4.08. The van der Waals surface area contributed by atoms with E-state index in [1.54, 1.807) is 10.6 Å². The lowest BCUT2D eigenvalue weighted by Crippen LogP contribution is -2.47.